The molecule has 0 aromatic heterocycles. The van der Waals surface area contributed by atoms with E-state index in [2.05, 4.69) is 5.32 Å². The Bertz CT molecular complexity index is 585. The number of benzene rings is 2. The number of aryl methyl sites for hydroxylation is 1. The fraction of sp³-hybridized carbons (Fsp3) is 0.294. The van der Waals surface area contributed by atoms with Gasteiger partial charge in [0.25, 0.3) is 0 Å². The SMILES string of the molecule is OC[C@H](NC1CCc2cc(F)ccc21)c1ccccc1. The average Bonchev–Trinajstić information content (AvgIpc) is 2.87. The van der Waals surface area contributed by atoms with Crippen LogP contribution in [0.5, 0.6) is 0 Å². The lowest BCUT2D eigenvalue weighted by atomic mass is 10.0. The first-order valence-corrected chi connectivity index (χ1v) is 6.98. The molecule has 1 aliphatic carbocycles. The minimum atomic E-state index is -0.175. The van der Waals surface area contributed by atoms with Crippen molar-refractivity contribution < 1.29 is 9.50 Å². The zero-order chi connectivity index (χ0) is 13.9. The van der Waals surface area contributed by atoms with E-state index >= 15 is 0 Å². The third-order valence-corrected chi connectivity index (χ3v) is 3.97. The molecule has 3 rings (SSSR count). The number of hydrogen-bond acceptors (Lipinski definition) is 2. The Hall–Kier alpha value is -1.71. The second-order valence-electron chi connectivity index (χ2n) is 5.25. The average molecular weight is 271 g/mol. The van der Waals surface area contributed by atoms with E-state index in [-0.39, 0.29) is 24.5 Å². The van der Waals surface area contributed by atoms with Crippen LogP contribution in [0.25, 0.3) is 0 Å². The summed E-state index contributed by atoms with van der Waals surface area (Å²) in [6.45, 7) is 0.0526. The van der Waals surface area contributed by atoms with Gasteiger partial charge in [0.1, 0.15) is 5.82 Å². The van der Waals surface area contributed by atoms with Crippen molar-refractivity contribution in [3.05, 3.63) is 71.0 Å². The molecule has 2 aromatic rings. The Kier molecular flexibility index (Phi) is 3.81. The van der Waals surface area contributed by atoms with Gasteiger partial charge in [-0.3, -0.25) is 0 Å². The van der Waals surface area contributed by atoms with Crippen molar-refractivity contribution in [2.45, 2.75) is 24.9 Å². The molecule has 104 valence electrons. The number of nitrogens with one attached hydrogen (secondary N) is 1. The second-order valence-corrected chi connectivity index (χ2v) is 5.25. The highest BCUT2D eigenvalue weighted by Crippen LogP contribution is 2.33. The van der Waals surface area contributed by atoms with Crippen LogP contribution in [-0.2, 0) is 6.42 Å². The summed E-state index contributed by atoms with van der Waals surface area (Å²) in [5.74, 6) is -0.175. The third kappa shape index (κ3) is 2.60. The maximum atomic E-state index is 13.2. The van der Waals surface area contributed by atoms with Crippen LogP contribution in [0.3, 0.4) is 0 Å². The summed E-state index contributed by atoms with van der Waals surface area (Å²) >= 11 is 0. The van der Waals surface area contributed by atoms with Crippen LogP contribution in [0.15, 0.2) is 48.5 Å². The first-order valence-electron chi connectivity index (χ1n) is 6.98. The molecule has 0 aliphatic heterocycles. The van der Waals surface area contributed by atoms with Gasteiger partial charge in [0.2, 0.25) is 0 Å². The second kappa shape index (κ2) is 5.73. The predicted octanol–water partition coefficient (Wildman–Crippen LogP) is 3.14. The predicted molar refractivity (Wildman–Crippen MR) is 76.9 cm³/mol. The minimum absolute atomic E-state index is 0.0526. The summed E-state index contributed by atoms with van der Waals surface area (Å²) in [5.41, 5.74) is 3.30. The number of aliphatic hydroxyl groups is 1. The van der Waals surface area contributed by atoms with E-state index in [0.29, 0.717) is 0 Å². The lowest BCUT2D eigenvalue weighted by Crippen LogP contribution is -2.27. The normalized spacial score (nSPS) is 18.8. The third-order valence-electron chi connectivity index (χ3n) is 3.97. The van der Waals surface area contributed by atoms with Gasteiger partial charge in [-0.1, -0.05) is 36.4 Å². The van der Waals surface area contributed by atoms with Crippen LogP contribution in [-0.4, -0.2) is 11.7 Å². The van der Waals surface area contributed by atoms with Gasteiger partial charge in [-0.05, 0) is 41.7 Å². The Balaban J connectivity index is 1.79. The van der Waals surface area contributed by atoms with Crippen LogP contribution in [0.1, 0.15) is 35.2 Å². The van der Waals surface area contributed by atoms with Crippen LogP contribution in [0, 0.1) is 5.82 Å². The molecule has 1 unspecified atom stereocenters. The molecule has 3 heteroatoms. The maximum absolute atomic E-state index is 13.2. The Morgan fingerprint density at radius 1 is 1.20 bits per heavy atom. The van der Waals surface area contributed by atoms with Crippen molar-refractivity contribution in [1.29, 1.82) is 0 Å². The molecule has 0 radical (unpaired) electrons. The number of hydrogen-bond donors (Lipinski definition) is 2. The zero-order valence-electron chi connectivity index (χ0n) is 11.2. The lowest BCUT2D eigenvalue weighted by molar-refractivity contribution is 0.233. The molecule has 0 amide bonds. The van der Waals surface area contributed by atoms with Gasteiger partial charge in [-0.2, -0.15) is 0 Å². The quantitative estimate of drug-likeness (QED) is 0.895. The highest BCUT2D eigenvalue weighted by atomic mass is 19.1. The molecule has 2 aromatic carbocycles. The first kappa shape index (κ1) is 13.3. The summed E-state index contributed by atoms with van der Waals surface area (Å²) in [4.78, 5) is 0. The summed E-state index contributed by atoms with van der Waals surface area (Å²) in [6, 6.07) is 15.0. The molecule has 2 atom stereocenters. The fourth-order valence-electron chi connectivity index (χ4n) is 2.94. The van der Waals surface area contributed by atoms with Crippen molar-refractivity contribution >= 4 is 0 Å². The van der Waals surface area contributed by atoms with Crippen molar-refractivity contribution in [2.75, 3.05) is 6.61 Å². The van der Waals surface area contributed by atoms with Crippen LogP contribution < -0.4 is 5.32 Å². The van der Waals surface area contributed by atoms with E-state index in [1.807, 2.05) is 36.4 Å². The van der Waals surface area contributed by atoms with E-state index in [1.165, 1.54) is 6.07 Å². The standard InChI is InChI=1S/C17H18FNO/c18-14-7-8-15-13(10-14)6-9-16(15)19-17(11-20)12-4-2-1-3-5-12/h1-5,7-8,10,16-17,19-20H,6,9,11H2/t16?,17-/m0/s1. The van der Waals surface area contributed by atoms with E-state index in [0.717, 1.165) is 29.5 Å². The smallest absolute Gasteiger partial charge is 0.123 e. The van der Waals surface area contributed by atoms with E-state index in [9.17, 15) is 9.50 Å². The molecule has 20 heavy (non-hydrogen) atoms. The van der Waals surface area contributed by atoms with E-state index in [4.69, 9.17) is 0 Å². The molecule has 2 nitrogen and oxygen atoms in total. The summed E-state index contributed by atoms with van der Waals surface area (Å²) in [7, 11) is 0. The molecule has 0 saturated carbocycles. The van der Waals surface area contributed by atoms with Crippen LogP contribution in [0.2, 0.25) is 0 Å². The Morgan fingerprint density at radius 3 is 2.75 bits per heavy atom. The molecular weight excluding hydrogens is 253 g/mol. The molecule has 0 heterocycles. The van der Waals surface area contributed by atoms with Crippen LogP contribution in [0.4, 0.5) is 4.39 Å². The Morgan fingerprint density at radius 2 is 2.00 bits per heavy atom. The van der Waals surface area contributed by atoms with Gasteiger partial charge < -0.3 is 10.4 Å². The Labute approximate surface area is 118 Å². The molecule has 0 bridgehead atoms. The minimum Gasteiger partial charge on any atom is -0.394 e. The molecule has 2 N–H and O–H groups in total. The first-order chi connectivity index (χ1) is 9.78. The maximum Gasteiger partial charge on any atom is 0.123 e. The van der Waals surface area contributed by atoms with E-state index < -0.39 is 0 Å². The van der Waals surface area contributed by atoms with Crippen molar-refractivity contribution in [3.8, 4) is 0 Å². The summed E-state index contributed by atoms with van der Waals surface area (Å²) in [5, 5.41) is 13.1. The highest BCUT2D eigenvalue weighted by Gasteiger charge is 2.25. The van der Waals surface area contributed by atoms with Gasteiger partial charge >= 0.3 is 0 Å². The number of aliphatic hydroxyl groups excluding tert-OH is 1. The van der Waals surface area contributed by atoms with Crippen LogP contribution >= 0.6 is 0 Å². The van der Waals surface area contributed by atoms with Crippen molar-refractivity contribution in [1.82, 2.24) is 5.32 Å². The number of rotatable bonds is 4. The van der Waals surface area contributed by atoms with Gasteiger partial charge in [0.15, 0.2) is 0 Å². The molecule has 0 saturated heterocycles. The van der Waals surface area contributed by atoms with Gasteiger partial charge in [0, 0.05) is 6.04 Å². The zero-order valence-corrected chi connectivity index (χ0v) is 11.2. The monoisotopic (exact) mass is 271 g/mol. The van der Waals surface area contributed by atoms with Crippen molar-refractivity contribution in [3.63, 3.8) is 0 Å². The lowest BCUT2D eigenvalue weighted by Gasteiger charge is -2.22. The van der Waals surface area contributed by atoms with E-state index in [1.54, 1.807) is 6.07 Å². The number of fused-ring (bicyclic) bond motifs is 1. The van der Waals surface area contributed by atoms with Gasteiger partial charge in [-0.15, -0.1) is 0 Å². The largest absolute Gasteiger partial charge is 0.394 e. The highest BCUT2D eigenvalue weighted by molar-refractivity contribution is 5.35. The topological polar surface area (TPSA) is 32.3 Å². The molecule has 0 fully saturated rings. The van der Waals surface area contributed by atoms with Gasteiger partial charge in [0.05, 0.1) is 12.6 Å². The molecule has 0 spiro atoms. The molecular formula is C17H18FNO. The number of halogens is 1. The summed E-state index contributed by atoms with van der Waals surface area (Å²) in [6.07, 6.45) is 1.83. The fourth-order valence-corrected chi connectivity index (χ4v) is 2.94. The summed E-state index contributed by atoms with van der Waals surface area (Å²) < 4.78 is 13.2. The van der Waals surface area contributed by atoms with Crippen molar-refractivity contribution in [2.24, 2.45) is 0 Å². The van der Waals surface area contributed by atoms with Gasteiger partial charge in [-0.25, -0.2) is 4.39 Å². The molecule has 1 aliphatic rings.